The maximum Gasteiger partial charge on any atom is 1.00 e. The van der Waals surface area contributed by atoms with E-state index in [0.29, 0.717) is 40.3 Å². The molecule has 0 spiro atoms. The Labute approximate surface area is 292 Å². The van der Waals surface area contributed by atoms with E-state index >= 15 is 0 Å². The first-order valence-electron chi connectivity index (χ1n) is 14.9. The van der Waals surface area contributed by atoms with Crippen molar-refractivity contribution in [1.82, 2.24) is 4.57 Å². The summed E-state index contributed by atoms with van der Waals surface area (Å²) >= 11 is 0. The van der Waals surface area contributed by atoms with Crippen LogP contribution in [0.1, 0.15) is 62.3 Å². The summed E-state index contributed by atoms with van der Waals surface area (Å²) in [6, 6.07) is 20.8. The number of hydrogen-bond donors (Lipinski definition) is 3. The second-order valence-electron chi connectivity index (χ2n) is 11.3. The van der Waals surface area contributed by atoms with Crippen LogP contribution in [-0.2, 0) is 17.6 Å². The van der Waals surface area contributed by atoms with E-state index in [0.717, 1.165) is 16.8 Å². The molecule has 0 aliphatic heterocycles. The zero-order chi connectivity index (χ0) is 32.7. The number of aliphatic hydroxyl groups is 2. The van der Waals surface area contributed by atoms with E-state index in [1.165, 1.54) is 26.4 Å². The van der Waals surface area contributed by atoms with E-state index < -0.39 is 30.4 Å². The summed E-state index contributed by atoms with van der Waals surface area (Å²) in [6.07, 6.45) is -2.23. The minimum Gasteiger partial charge on any atom is -1.00 e. The fourth-order valence-electron chi connectivity index (χ4n) is 5.91. The summed E-state index contributed by atoms with van der Waals surface area (Å²) in [7, 11) is 3.07. The monoisotopic (exact) mass is 641 g/mol. The van der Waals surface area contributed by atoms with E-state index in [4.69, 9.17) is 14.6 Å². The van der Waals surface area contributed by atoms with Crippen molar-refractivity contribution < 1.29 is 69.8 Å². The van der Waals surface area contributed by atoms with E-state index in [1.54, 1.807) is 24.3 Å². The van der Waals surface area contributed by atoms with Gasteiger partial charge in [0.1, 0.15) is 5.82 Å². The molecule has 240 valence electrons. The molecule has 0 bridgehead atoms. The number of halogens is 1. The first-order chi connectivity index (χ1) is 21.5. The van der Waals surface area contributed by atoms with Gasteiger partial charge in [-0.2, -0.15) is 0 Å². The Bertz CT molecular complexity index is 1630. The van der Waals surface area contributed by atoms with Gasteiger partial charge in [0.2, 0.25) is 0 Å². The molecule has 1 heterocycles. The van der Waals surface area contributed by atoms with Crippen LogP contribution in [0.5, 0.6) is 11.5 Å². The summed E-state index contributed by atoms with van der Waals surface area (Å²) < 4.78 is 27.2. The van der Waals surface area contributed by atoms with Crippen LogP contribution in [0.4, 0.5) is 4.39 Å². The molecule has 0 fully saturated rings. The number of methoxy groups -OCH3 is 2. The number of aliphatic carboxylic acids is 1. The molecule has 2 atom stereocenters. The predicted molar refractivity (Wildman–Crippen MR) is 172 cm³/mol. The van der Waals surface area contributed by atoms with Crippen molar-refractivity contribution in [2.24, 2.45) is 0 Å². The Morgan fingerprint density at radius 2 is 1.52 bits per heavy atom. The molecule has 0 unspecified atom stereocenters. The number of rotatable bonds is 15. The summed E-state index contributed by atoms with van der Waals surface area (Å²) in [4.78, 5) is 25.6. The number of para-hydroxylation sites is 1. The van der Waals surface area contributed by atoms with Crippen LogP contribution in [0.25, 0.3) is 22.3 Å². The Balaban J connectivity index is 0.00000384. The minimum absolute atomic E-state index is 0. The van der Waals surface area contributed by atoms with Gasteiger partial charge in [-0.05, 0) is 62.4 Å². The topological polar surface area (TPSA) is 118 Å². The van der Waals surface area contributed by atoms with E-state index in [1.807, 2.05) is 54.8 Å². The number of carboxylic acid groups (broad SMARTS) is 1. The molecular weight excluding hydrogens is 600 g/mol. The van der Waals surface area contributed by atoms with Crippen LogP contribution in [0.3, 0.4) is 0 Å². The average molecular weight is 642 g/mol. The number of aromatic nitrogens is 1. The molecule has 3 aromatic carbocycles. The maximum atomic E-state index is 14.5. The molecule has 4 aromatic rings. The summed E-state index contributed by atoms with van der Waals surface area (Å²) in [5, 5.41) is 30.0. The molecule has 4 rings (SSSR count). The molecule has 8 nitrogen and oxygen atoms in total. The molecule has 10 heteroatoms. The van der Waals surface area contributed by atoms with E-state index in [9.17, 15) is 24.2 Å². The average Bonchev–Trinajstić information content (AvgIpc) is 3.35. The number of aliphatic hydroxyl groups excluding tert-OH is 2. The van der Waals surface area contributed by atoms with Gasteiger partial charge in [-0.25, -0.2) is 4.39 Å². The van der Waals surface area contributed by atoms with Gasteiger partial charge in [0.25, 0.3) is 0 Å². The van der Waals surface area contributed by atoms with E-state index in [-0.39, 0.29) is 62.1 Å². The number of ketones is 1. The summed E-state index contributed by atoms with van der Waals surface area (Å²) in [6.45, 7) is 3.95. The van der Waals surface area contributed by atoms with Crippen molar-refractivity contribution >= 4 is 11.8 Å². The van der Waals surface area contributed by atoms with Gasteiger partial charge in [0.05, 0.1) is 38.5 Å². The van der Waals surface area contributed by atoms with Crippen LogP contribution < -0.4 is 39.0 Å². The fraction of sp³-hybridized carbons (Fsp3) is 0.333. The van der Waals surface area contributed by atoms with Crippen molar-refractivity contribution in [3.05, 3.63) is 95.6 Å². The number of carbonyl (C=O) groups excluding carboxylic acids is 1. The van der Waals surface area contributed by atoms with Crippen molar-refractivity contribution in [2.45, 2.75) is 64.2 Å². The largest absolute Gasteiger partial charge is 1.00 e. The van der Waals surface area contributed by atoms with Crippen LogP contribution in [0.15, 0.2) is 72.8 Å². The standard InChI is InChI=1S/C36H40FNO7.Na.H/c1-22(2)38-29(18-17-27(39)20-28(40)21-32(42)43)33(24-13-15-26(37)16-14-24)34(23-9-6-5-7-10-23)35(38)30(41)19-25-11-8-12-31(44-3)36(25)45-4;;/h5-16,22,27-28,39-40H,17-21H2,1-4H3,(H,42,43);;/q;+1;-1/t27-,28-;;/m1../s1. The first kappa shape index (κ1) is 37.0. The zero-order valence-electron chi connectivity index (χ0n) is 28.0. The molecule has 0 saturated heterocycles. The fourth-order valence-corrected chi connectivity index (χ4v) is 5.91. The molecule has 1 aromatic heterocycles. The Morgan fingerprint density at radius 1 is 0.870 bits per heavy atom. The SMILES string of the molecule is COc1cccc(CC(=O)c2c(-c3ccccc3)c(-c3ccc(F)cc3)c(CC[C@@H](O)C[C@@H](O)CC(=O)O)n2C(C)C)c1OC.[H-].[Na+]. The number of carboxylic acids is 1. The Morgan fingerprint density at radius 3 is 2.11 bits per heavy atom. The van der Waals surface area contributed by atoms with Gasteiger partial charge in [0, 0.05) is 34.8 Å². The normalized spacial score (nSPS) is 12.3. The van der Waals surface area contributed by atoms with Crippen molar-refractivity contribution in [3.8, 4) is 33.8 Å². The molecule has 3 N–H and O–H groups in total. The van der Waals surface area contributed by atoms with Gasteiger partial charge in [-0.1, -0.05) is 54.6 Å². The van der Waals surface area contributed by atoms with Gasteiger partial charge >= 0.3 is 35.5 Å². The second-order valence-corrected chi connectivity index (χ2v) is 11.3. The van der Waals surface area contributed by atoms with Gasteiger partial charge in [0.15, 0.2) is 17.3 Å². The molecule has 0 amide bonds. The van der Waals surface area contributed by atoms with Crippen molar-refractivity contribution in [1.29, 1.82) is 0 Å². The number of nitrogens with zero attached hydrogens (tertiary/aromatic N) is 1. The van der Waals surface area contributed by atoms with Crippen LogP contribution in [-0.4, -0.2) is 58.1 Å². The third-order valence-electron chi connectivity index (χ3n) is 7.79. The maximum absolute atomic E-state index is 14.5. The van der Waals surface area contributed by atoms with Gasteiger partial charge < -0.3 is 30.8 Å². The third-order valence-corrected chi connectivity index (χ3v) is 7.79. The van der Waals surface area contributed by atoms with Crippen LogP contribution in [0.2, 0.25) is 0 Å². The summed E-state index contributed by atoms with van der Waals surface area (Å²) in [5.41, 5.74) is 4.84. The molecule has 46 heavy (non-hydrogen) atoms. The number of ether oxygens (including phenoxy) is 2. The zero-order valence-corrected chi connectivity index (χ0v) is 29.0. The van der Waals surface area contributed by atoms with Crippen molar-refractivity contribution in [3.63, 3.8) is 0 Å². The van der Waals surface area contributed by atoms with Crippen LogP contribution in [0, 0.1) is 5.82 Å². The molecule has 0 aliphatic rings. The summed E-state index contributed by atoms with van der Waals surface area (Å²) in [5.74, 6) is -0.725. The number of benzene rings is 3. The quantitative estimate of drug-likeness (QED) is 0.134. The van der Waals surface area contributed by atoms with Gasteiger partial charge in [-0.15, -0.1) is 0 Å². The first-order valence-corrected chi connectivity index (χ1v) is 14.9. The predicted octanol–water partition coefficient (Wildman–Crippen LogP) is 3.62. The number of Topliss-reactive ketones (excluding diaryl/α,β-unsaturated/α-hetero) is 1. The Hall–Kier alpha value is -3.47. The molecular formula is C36H41FNNaO7. The number of carbonyl (C=O) groups is 2. The molecule has 0 radical (unpaired) electrons. The number of hydrogen-bond acceptors (Lipinski definition) is 6. The van der Waals surface area contributed by atoms with Gasteiger partial charge in [-0.3, -0.25) is 9.59 Å². The molecule has 0 saturated carbocycles. The second kappa shape index (κ2) is 16.9. The minimum atomic E-state index is -1.19. The Kier molecular flexibility index (Phi) is 13.6. The van der Waals surface area contributed by atoms with Crippen LogP contribution >= 0.6 is 0 Å². The molecule has 0 aliphatic carbocycles. The third kappa shape index (κ3) is 8.66. The smallest absolute Gasteiger partial charge is 1.00 e. The van der Waals surface area contributed by atoms with Crippen molar-refractivity contribution in [2.75, 3.05) is 14.2 Å². The van der Waals surface area contributed by atoms with E-state index in [2.05, 4.69) is 0 Å².